The molecule has 0 bridgehead atoms. The van der Waals surface area contributed by atoms with Gasteiger partial charge in [0.05, 0.1) is 5.69 Å². The van der Waals surface area contributed by atoms with Crippen LogP contribution in [0.15, 0.2) is 42.9 Å². The number of amides is 1. The van der Waals surface area contributed by atoms with Crippen molar-refractivity contribution in [3.05, 3.63) is 54.1 Å². The summed E-state index contributed by atoms with van der Waals surface area (Å²) >= 11 is 0. The lowest BCUT2D eigenvalue weighted by atomic mass is 10.2. The number of hydrogen-bond acceptors (Lipinski definition) is 4. The number of nitrogen functional groups attached to an aromatic ring is 1. The van der Waals surface area contributed by atoms with E-state index in [4.69, 9.17) is 5.73 Å². The molecule has 2 aromatic rings. The summed E-state index contributed by atoms with van der Waals surface area (Å²) in [6, 6.07) is 7.10. The molecule has 5 nitrogen and oxygen atoms in total. The number of hydrogen-bond donors (Lipinski definition) is 1. The molecule has 0 aliphatic rings. The maximum atomic E-state index is 12.1. The maximum Gasteiger partial charge on any atom is 0.274 e. The summed E-state index contributed by atoms with van der Waals surface area (Å²) in [5.41, 5.74) is 7.42. The molecular weight excluding hydrogens is 228 g/mol. The Morgan fingerprint density at radius 2 is 2.00 bits per heavy atom. The van der Waals surface area contributed by atoms with Gasteiger partial charge in [0, 0.05) is 32.2 Å². The first kappa shape index (κ1) is 12.0. The van der Waals surface area contributed by atoms with Crippen molar-refractivity contribution >= 4 is 11.6 Å². The third-order valence-corrected chi connectivity index (χ3v) is 2.56. The van der Waals surface area contributed by atoms with Gasteiger partial charge in [0.25, 0.3) is 5.91 Å². The van der Waals surface area contributed by atoms with Crippen LogP contribution in [0.2, 0.25) is 0 Å². The monoisotopic (exact) mass is 242 g/mol. The zero-order valence-corrected chi connectivity index (χ0v) is 10.1. The van der Waals surface area contributed by atoms with Crippen LogP contribution < -0.4 is 5.73 Å². The summed E-state index contributed by atoms with van der Waals surface area (Å²) in [4.78, 5) is 21.7. The molecular formula is C13H14N4O. The van der Waals surface area contributed by atoms with Crippen molar-refractivity contribution in [1.29, 1.82) is 0 Å². The van der Waals surface area contributed by atoms with Crippen LogP contribution in [0.25, 0.3) is 0 Å². The van der Waals surface area contributed by atoms with E-state index in [1.807, 2.05) is 12.1 Å². The van der Waals surface area contributed by atoms with E-state index in [0.717, 1.165) is 5.56 Å². The quantitative estimate of drug-likeness (QED) is 0.881. The molecule has 92 valence electrons. The average molecular weight is 242 g/mol. The van der Waals surface area contributed by atoms with E-state index in [-0.39, 0.29) is 11.6 Å². The normalized spacial score (nSPS) is 10.1. The second-order valence-corrected chi connectivity index (χ2v) is 3.96. The van der Waals surface area contributed by atoms with Gasteiger partial charge in [-0.3, -0.25) is 9.78 Å². The highest BCUT2D eigenvalue weighted by molar-refractivity contribution is 5.96. The molecule has 0 aliphatic carbocycles. The molecule has 2 N–H and O–H groups in total. The second kappa shape index (κ2) is 5.27. The SMILES string of the molecule is CN(Cc1ccncc1)C(=O)c1ncccc1N. The minimum Gasteiger partial charge on any atom is -0.397 e. The molecule has 0 fully saturated rings. The lowest BCUT2D eigenvalue weighted by Gasteiger charge is -2.17. The fourth-order valence-electron chi connectivity index (χ4n) is 1.61. The molecule has 0 unspecified atom stereocenters. The van der Waals surface area contributed by atoms with Crippen molar-refractivity contribution in [3.8, 4) is 0 Å². The molecule has 5 heteroatoms. The van der Waals surface area contributed by atoms with Crippen molar-refractivity contribution in [2.45, 2.75) is 6.54 Å². The number of nitrogens with zero attached hydrogens (tertiary/aromatic N) is 3. The van der Waals surface area contributed by atoms with Crippen LogP contribution in [0.5, 0.6) is 0 Å². The number of nitrogens with two attached hydrogens (primary N) is 1. The Balaban J connectivity index is 2.13. The molecule has 0 aromatic carbocycles. The average Bonchev–Trinajstić information content (AvgIpc) is 2.39. The molecule has 2 heterocycles. The molecule has 0 atom stereocenters. The van der Waals surface area contributed by atoms with Crippen molar-refractivity contribution in [2.75, 3.05) is 12.8 Å². The minimum absolute atomic E-state index is 0.190. The zero-order valence-electron chi connectivity index (χ0n) is 10.1. The summed E-state index contributed by atoms with van der Waals surface area (Å²) in [5.74, 6) is -0.190. The van der Waals surface area contributed by atoms with Gasteiger partial charge >= 0.3 is 0 Å². The Labute approximate surface area is 105 Å². The van der Waals surface area contributed by atoms with Crippen LogP contribution in [0.4, 0.5) is 5.69 Å². The highest BCUT2D eigenvalue weighted by atomic mass is 16.2. The van der Waals surface area contributed by atoms with Crippen LogP contribution in [-0.4, -0.2) is 27.8 Å². The van der Waals surface area contributed by atoms with Crippen molar-refractivity contribution in [2.24, 2.45) is 0 Å². The first-order chi connectivity index (χ1) is 8.68. The van der Waals surface area contributed by atoms with Gasteiger partial charge in [0.2, 0.25) is 0 Å². The first-order valence-electron chi connectivity index (χ1n) is 5.53. The number of pyridine rings is 2. The maximum absolute atomic E-state index is 12.1. The van der Waals surface area contributed by atoms with Crippen LogP contribution in [-0.2, 0) is 6.54 Å². The Hall–Kier alpha value is -2.43. The molecule has 18 heavy (non-hydrogen) atoms. The molecule has 0 radical (unpaired) electrons. The van der Waals surface area contributed by atoms with Crippen LogP contribution >= 0.6 is 0 Å². The van der Waals surface area contributed by atoms with Gasteiger partial charge < -0.3 is 10.6 Å². The smallest absolute Gasteiger partial charge is 0.274 e. The summed E-state index contributed by atoms with van der Waals surface area (Å²) < 4.78 is 0. The number of aromatic nitrogens is 2. The zero-order chi connectivity index (χ0) is 13.0. The second-order valence-electron chi connectivity index (χ2n) is 3.96. The largest absolute Gasteiger partial charge is 0.397 e. The Bertz CT molecular complexity index is 542. The number of carbonyl (C=O) groups excluding carboxylic acids is 1. The van der Waals surface area contributed by atoms with Gasteiger partial charge in [0.15, 0.2) is 5.69 Å². The molecule has 2 rings (SSSR count). The first-order valence-corrected chi connectivity index (χ1v) is 5.53. The third kappa shape index (κ3) is 2.63. The Morgan fingerprint density at radius 1 is 1.28 bits per heavy atom. The van der Waals surface area contributed by atoms with E-state index in [1.165, 1.54) is 0 Å². The number of rotatable bonds is 3. The molecule has 1 amide bonds. The van der Waals surface area contributed by atoms with Crippen molar-refractivity contribution in [1.82, 2.24) is 14.9 Å². The van der Waals surface area contributed by atoms with Gasteiger partial charge in [-0.05, 0) is 29.8 Å². The van der Waals surface area contributed by atoms with E-state index in [1.54, 1.807) is 42.7 Å². The fourth-order valence-corrected chi connectivity index (χ4v) is 1.61. The topological polar surface area (TPSA) is 72.1 Å². The highest BCUT2D eigenvalue weighted by Gasteiger charge is 2.15. The number of anilines is 1. The standard InChI is InChI=1S/C13H14N4O/c1-17(9-10-4-7-15-8-5-10)13(18)12-11(14)3-2-6-16-12/h2-8H,9,14H2,1H3. The van der Waals surface area contributed by atoms with Gasteiger partial charge in [-0.1, -0.05) is 0 Å². The Kier molecular flexibility index (Phi) is 3.52. The minimum atomic E-state index is -0.190. The van der Waals surface area contributed by atoms with Gasteiger partial charge in [-0.25, -0.2) is 4.98 Å². The van der Waals surface area contributed by atoms with Crippen LogP contribution in [0.3, 0.4) is 0 Å². The highest BCUT2D eigenvalue weighted by Crippen LogP contribution is 2.11. The molecule has 0 saturated heterocycles. The third-order valence-electron chi connectivity index (χ3n) is 2.56. The summed E-state index contributed by atoms with van der Waals surface area (Å²) in [6.45, 7) is 0.497. The number of carbonyl (C=O) groups is 1. The Morgan fingerprint density at radius 3 is 2.67 bits per heavy atom. The molecule has 0 saturated carbocycles. The molecule has 0 spiro atoms. The summed E-state index contributed by atoms with van der Waals surface area (Å²) in [6.07, 6.45) is 4.95. The lowest BCUT2D eigenvalue weighted by Crippen LogP contribution is -2.27. The molecule has 2 aromatic heterocycles. The van der Waals surface area contributed by atoms with E-state index in [0.29, 0.717) is 12.2 Å². The van der Waals surface area contributed by atoms with Crippen LogP contribution in [0.1, 0.15) is 16.1 Å². The van der Waals surface area contributed by atoms with Gasteiger partial charge in [0.1, 0.15) is 0 Å². The molecule has 0 aliphatic heterocycles. The van der Waals surface area contributed by atoms with E-state index in [2.05, 4.69) is 9.97 Å². The summed E-state index contributed by atoms with van der Waals surface area (Å²) in [7, 11) is 1.72. The van der Waals surface area contributed by atoms with Gasteiger partial charge in [-0.2, -0.15) is 0 Å². The van der Waals surface area contributed by atoms with E-state index in [9.17, 15) is 4.79 Å². The van der Waals surface area contributed by atoms with Crippen LogP contribution in [0, 0.1) is 0 Å². The summed E-state index contributed by atoms with van der Waals surface area (Å²) in [5, 5.41) is 0. The van der Waals surface area contributed by atoms with E-state index >= 15 is 0 Å². The lowest BCUT2D eigenvalue weighted by molar-refractivity contribution is 0.0780. The van der Waals surface area contributed by atoms with Crippen molar-refractivity contribution in [3.63, 3.8) is 0 Å². The van der Waals surface area contributed by atoms with E-state index < -0.39 is 0 Å². The predicted molar refractivity (Wildman–Crippen MR) is 68.7 cm³/mol. The van der Waals surface area contributed by atoms with Crippen molar-refractivity contribution < 1.29 is 4.79 Å². The van der Waals surface area contributed by atoms with Gasteiger partial charge in [-0.15, -0.1) is 0 Å². The fraction of sp³-hybridized carbons (Fsp3) is 0.154. The predicted octanol–water partition coefficient (Wildman–Crippen LogP) is 1.33.